The molecule has 1 aliphatic heterocycles. The fraction of sp³-hybridized carbons (Fsp3) is 0.375. The summed E-state index contributed by atoms with van der Waals surface area (Å²) in [6.45, 7) is 3.60. The number of hydrogen-bond donors (Lipinski definition) is 2. The Labute approximate surface area is 199 Å². The zero-order valence-electron chi connectivity index (χ0n) is 19.1. The highest BCUT2D eigenvalue weighted by molar-refractivity contribution is 5.86. The Morgan fingerprint density at radius 2 is 1.89 bits per heavy atom. The summed E-state index contributed by atoms with van der Waals surface area (Å²) in [5.41, 5.74) is 7.24. The van der Waals surface area contributed by atoms with Gasteiger partial charge >= 0.3 is 6.18 Å². The molecule has 1 saturated heterocycles. The molecule has 1 fully saturated rings. The molecule has 0 saturated carbocycles. The van der Waals surface area contributed by atoms with Crippen LogP contribution in [-0.4, -0.2) is 67.1 Å². The summed E-state index contributed by atoms with van der Waals surface area (Å²) in [6, 6.07) is 9.42. The van der Waals surface area contributed by atoms with E-state index in [1.54, 1.807) is 6.07 Å². The van der Waals surface area contributed by atoms with Crippen molar-refractivity contribution in [1.82, 2.24) is 24.5 Å². The molecule has 3 N–H and O–H groups in total. The molecule has 0 bridgehead atoms. The second-order valence-electron chi connectivity index (χ2n) is 9.03. The van der Waals surface area contributed by atoms with Gasteiger partial charge in [0.15, 0.2) is 11.5 Å². The Bertz CT molecular complexity index is 1360. The van der Waals surface area contributed by atoms with Crippen LogP contribution in [0.4, 0.5) is 13.2 Å². The molecule has 11 heteroatoms. The van der Waals surface area contributed by atoms with Gasteiger partial charge in [0.1, 0.15) is 23.0 Å². The number of benzene rings is 1. The van der Waals surface area contributed by atoms with E-state index in [4.69, 9.17) is 15.5 Å². The molecule has 0 aliphatic carbocycles. The summed E-state index contributed by atoms with van der Waals surface area (Å²) in [6.07, 6.45) is -4.27. The molecule has 3 atom stereocenters. The fourth-order valence-electron chi connectivity index (χ4n) is 4.50. The van der Waals surface area contributed by atoms with Gasteiger partial charge in [-0.1, -0.05) is 24.3 Å². The maximum atomic E-state index is 14.2. The summed E-state index contributed by atoms with van der Waals surface area (Å²) >= 11 is 0. The third-order valence-corrected chi connectivity index (χ3v) is 6.05. The van der Waals surface area contributed by atoms with Gasteiger partial charge in [-0.05, 0) is 37.6 Å². The number of para-hydroxylation sites is 1. The van der Waals surface area contributed by atoms with Crippen LogP contribution < -0.4 is 10.5 Å². The van der Waals surface area contributed by atoms with Crippen LogP contribution in [0, 0.1) is 0 Å². The summed E-state index contributed by atoms with van der Waals surface area (Å²) in [7, 11) is 0. The number of aromatic nitrogens is 4. The van der Waals surface area contributed by atoms with Crippen LogP contribution in [0.3, 0.4) is 0 Å². The Balaban J connectivity index is 1.60. The Kier molecular flexibility index (Phi) is 5.86. The average molecular weight is 486 g/mol. The van der Waals surface area contributed by atoms with Crippen LogP contribution in [0.2, 0.25) is 0 Å². The summed E-state index contributed by atoms with van der Waals surface area (Å²) in [4.78, 5) is 5.87. The summed E-state index contributed by atoms with van der Waals surface area (Å²) in [5.74, 6) is 0.914. The molecule has 0 radical (unpaired) electrons. The molecule has 0 amide bonds. The monoisotopic (exact) mass is 486 g/mol. The Morgan fingerprint density at radius 1 is 1.09 bits per heavy atom. The van der Waals surface area contributed by atoms with Crippen LogP contribution >= 0.6 is 0 Å². The molecular formula is C24H25F3N6O2. The zero-order chi connectivity index (χ0) is 24.9. The van der Waals surface area contributed by atoms with Crippen LogP contribution in [0.15, 0.2) is 48.7 Å². The van der Waals surface area contributed by atoms with Gasteiger partial charge in [0.05, 0.1) is 12.2 Å². The van der Waals surface area contributed by atoms with E-state index >= 15 is 0 Å². The van der Waals surface area contributed by atoms with Gasteiger partial charge in [-0.15, -0.1) is 10.2 Å². The predicted octanol–water partition coefficient (Wildman–Crippen LogP) is 3.34. The highest BCUT2D eigenvalue weighted by atomic mass is 19.4. The van der Waals surface area contributed by atoms with Crippen molar-refractivity contribution in [2.45, 2.75) is 44.3 Å². The number of β-amino-alcohol motifs (C(OH)–C–C–N with tert-alkyl or cyclic N) is 1. The average Bonchev–Trinajstić information content (AvgIpc) is 3.35. The largest absolute Gasteiger partial charge is 0.489 e. The van der Waals surface area contributed by atoms with Crippen molar-refractivity contribution in [3.8, 4) is 17.3 Å². The van der Waals surface area contributed by atoms with Gasteiger partial charge in [-0.25, -0.2) is 4.98 Å². The van der Waals surface area contributed by atoms with Crippen molar-refractivity contribution < 1.29 is 23.0 Å². The number of fused-ring (bicyclic) bond motifs is 2. The lowest BCUT2D eigenvalue weighted by Crippen LogP contribution is -2.38. The van der Waals surface area contributed by atoms with Crippen LogP contribution in [0.1, 0.15) is 25.5 Å². The lowest BCUT2D eigenvalue weighted by atomic mass is 10.1. The number of nitrogens with two attached hydrogens (primary N) is 1. The Hall–Kier alpha value is -3.28. The maximum Gasteiger partial charge on any atom is 0.408 e. The minimum Gasteiger partial charge on any atom is -0.489 e. The molecule has 35 heavy (non-hydrogen) atoms. The van der Waals surface area contributed by atoms with Gasteiger partial charge < -0.3 is 15.6 Å². The first-order chi connectivity index (χ1) is 16.6. The van der Waals surface area contributed by atoms with Crippen molar-refractivity contribution in [3.05, 3.63) is 54.2 Å². The summed E-state index contributed by atoms with van der Waals surface area (Å²) in [5, 5.41) is 19.1. The molecule has 1 aliphatic rings. The van der Waals surface area contributed by atoms with E-state index in [9.17, 15) is 18.3 Å². The number of aliphatic hydroxyl groups excluding tert-OH is 1. The van der Waals surface area contributed by atoms with E-state index in [1.165, 1.54) is 22.7 Å². The minimum absolute atomic E-state index is 0.00281. The standard InChI is InChI=1S/C24H25F3N6O2/c1-13(2)35-19-5-3-4-14-6-8-17(29-21(14)19)23-31-30-20-9-7-15(10-33(20)23)22(24(25,26)27)32-11-16(28)18(34)12-32/h3-10,13,16,18,22,34H,11-12,28H2,1-2H3. The van der Waals surface area contributed by atoms with Crippen molar-refractivity contribution in [2.24, 2.45) is 5.73 Å². The van der Waals surface area contributed by atoms with E-state index in [-0.39, 0.29) is 24.8 Å². The number of hydrogen-bond acceptors (Lipinski definition) is 7. The second kappa shape index (κ2) is 8.74. The number of aliphatic hydroxyl groups is 1. The third kappa shape index (κ3) is 4.42. The number of halogens is 3. The van der Waals surface area contributed by atoms with E-state index in [0.717, 1.165) is 10.3 Å². The molecule has 3 aromatic heterocycles. The van der Waals surface area contributed by atoms with Crippen LogP contribution in [0.5, 0.6) is 5.75 Å². The number of pyridine rings is 2. The topological polar surface area (TPSA) is 102 Å². The van der Waals surface area contributed by atoms with Gasteiger partial charge in [0.2, 0.25) is 0 Å². The smallest absolute Gasteiger partial charge is 0.408 e. The normalized spacial score (nSPS) is 20.2. The lowest BCUT2D eigenvalue weighted by molar-refractivity contribution is -0.184. The van der Waals surface area contributed by atoms with Crippen molar-refractivity contribution >= 4 is 16.6 Å². The highest BCUT2D eigenvalue weighted by Crippen LogP contribution is 2.39. The number of rotatable bonds is 5. The molecule has 0 spiro atoms. The van der Waals surface area contributed by atoms with Crippen LogP contribution in [-0.2, 0) is 0 Å². The minimum atomic E-state index is -4.57. The number of nitrogens with zero attached hydrogens (tertiary/aromatic N) is 5. The van der Waals surface area contributed by atoms with Crippen LogP contribution in [0.25, 0.3) is 28.1 Å². The van der Waals surface area contributed by atoms with Crippen molar-refractivity contribution in [3.63, 3.8) is 0 Å². The van der Waals surface area contributed by atoms with Gasteiger partial charge in [-0.3, -0.25) is 9.30 Å². The fourth-order valence-corrected chi connectivity index (χ4v) is 4.50. The SMILES string of the molecule is CC(C)Oc1cccc2ccc(-c3nnc4ccc(C(N5CC(N)C(O)C5)C(F)(F)F)cn34)nc12. The highest BCUT2D eigenvalue weighted by Gasteiger charge is 2.48. The summed E-state index contributed by atoms with van der Waals surface area (Å²) < 4.78 is 49.8. The van der Waals surface area contributed by atoms with Gasteiger partial charge in [-0.2, -0.15) is 13.2 Å². The molecule has 184 valence electrons. The molecule has 1 aromatic carbocycles. The first kappa shape index (κ1) is 23.5. The molecule has 8 nitrogen and oxygen atoms in total. The Morgan fingerprint density at radius 3 is 2.57 bits per heavy atom. The number of ether oxygens (including phenoxy) is 1. The maximum absolute atomic E-state index is 14.2. The predicted molar refractivity (Wildman–Crippen MR) is 124 cm³/mol. The van der Waals surface area contributed by atoms with Gasteiger partial charge in [0, 0.05) is 30.7 Å². The molecule has 5 rings (SSSR count). The first-order valence-corrected chi connectivity index (χ1v) is 11.3. The molecule has 4 heterocycles. The van der Waals surface area contributed by atoms with Crippen molar-refractivity contribution in [2.75, 3.05) is 13.1 Å². The first-order valence-electron chi connectivity index (χ1n) is 11.3. The van der Waals surface area contributed by atoms with Crippen molar-refractivity contribution in [1.29, 1.82) is 0 Å². The van der Waals surface area contributed by atoms with Gasteiger partial charge in [0.25, 0.3) is 0 Å². The quantitative estimate of drug-likeness (QED) is 0.446. The van der Waals surface area contributed by atoms with E-state index < -0.39 is 24.4 Å². The molecule has 3 unspecified atom stereocenters. The number of likely N-dealkylation sites (tertiary alicyclic amines) is 1. The molecule has 4 aromatic rings. The lowest BCUT2D eigenvalue weighted by Gasteiger charge is -2.29. The second-order valence-corrected chi connectivity index (χ2v) is 9.03. The van der Waals surface area contributed by atoms with E-state index in [2.05, 4.69) is 10.2 Å². The third-order valence-electron chi connectivity index (χ3n) is 6.05. The zero-order valence-corrected chi connectivity index (χ0v) is 19.1. The van der Waals surface area contributed by atoms with E-state index in [1.807, 2.05) is 38.1 Å². The number of alkyl halides is 3. The van der Waals surface area contributed by atoms with E-state index in [0.29, 0.717) is 28.4 Å². The molecular weight excluding hydrogens is 461 g/mol.